The van der Waals surface area contributed by atoms with Crippen molar-refractivity contribution in [2.45, 2.75) is 23.0 Å². The topological polar surface area (TPSA) is 59.8 Å². The van der Waals surface area contributed by atoms with Crippen LogP contribution < -0.4 is 5.32 Å². The molecule has 1 aliphatic heterocycles. The van der Waals surface area contributed by atoms with E-state index in [0.29, 0.717) is 11.5 Å². The molecule has 5 nitrogen and oxygen atoms in total. The molecule has 2 aromatic rings. The van der Waals surface area contributed by atoms with Gasteiger partial charge in [0.15, 0.2) is 5.16 Å². The lowest BCUT2D eigenvalue weighted by molar-refractivity contribution is 0.102. The van der Waals surface area contributed by atoms with Gasteiger partial charge in [-0.1, -0.05) is 23.9 Å². The van der Waals surface area contributed by atoms with Crippen LogP contribution in [0.2, 0.25) is 0 Å². The first kappa shape index (κ1) is 13.5. The minimum Gasteiger partial charge on any atom is -0.290 e. The number of nitrogens with zero attached hydrogens (tertiary/aromatic N) is 3. The van der Waals surface area contributed by atoms with Gasteiger partial charge in [-0.25, -0.2) is 0 Å². The van der Waals surface area contributed by atoms with Crippen molar-refractivity contribution in [1.29, 1.82) is 0 Å². The summed E-state index contributed by atoms with van der Waals surface area (Å²) in [6.07, 6.45) is 3.03. The smallest absolute Gasteiger partial charge is 0.259 e. The van der Waals surface area contributed by atoms with E-state index in [-0.39, 0.29) is 5.91 Å². The number of rotatable bonds is 3. The lowest BCUT2D eigenvalue weighted by Crippen LogP contribution is -2.18. The van der Waals surface area contributed by atoms with Gasteiger partial charge < -0.3 is 0 Å². The average Bonchev–Trinajstić information content (AvgIpc) is 2.90. The van der Waals surface area contributed by atoms with Crippen LogP contribution in [0.4, 0.5) is 5.95 Å². The van der Waals surface area contributed by atoms with Gasteiger partial charge in [-0.05, 0) is 24.8 Å². The number of thioether (sulfide) groups is 2. The van der Waals surface area contributed by atoms with E-state index in [4.69, 9.17) is 0 Å². The number of aromatic nitrogens is 3. The Morgan fingerprint density at radius 3 is 3.10 bits per heavy atom. The zero-order valence-electron chi connectivity index (χ0n) is 11.0. The first-order chi connectivity index (χ1) is 9.79. The fourth-order valence-electron chi connectivity index (χ4n) is 2.08. The van der Waals surface area contributed by atoms with Crippen molar-refractivity contribution >= 4 is 35.4 Å². The molecular weight excluding hydrogens is 292 g/mol. The second-order valence-electron chi connectivity index (χ2n) is 4.31. The largest absolute Gasteiger partial charge is 0.290 e. The highest BCUT2D eigenvalue weighted by atomic mass is 32.2. The molecule has 3 rings (SSSR count). The number of benzene rings is 1. The summed E-state index contributed by atoms with van der Waals surface area (Å²) in [6, 6.07) is 7.56. The predicted molar refractivity (Wildman–Crippen MR) is 81.5 cm³/mol. The molecule has 1 aromatic heterocycles. The normalized spacial score (nSPS) is 13.8. The van der Waals surface area contributed by atoms with Crippen molar-refractivity contribution < 1.29 is 4.79 Å². The Morgan fingerprint density at radius 1 is 1.40 bits per heavy atom. The minimum absolute atomic E-state index is 0.138. The van der Waals surface area contributed by atoms with E-state index in [1.165, 1.54) is 0 Å². The first-order valence-corrected chi connectivity index (χ1v) is 8.51. The fraction of sp³-hybridized carbons (Fsp3) is 0.308. The Hall–Kier alpha value is -1.47. The van der Waals surface area contributed by atoms with Crippen LogP contribution >= 0.6 is 23.5 Å². The summed E-state index contributed by atoms with van der Waals surface area (Å²) in [7, 11) is 0. The highest BCUT2D eigenvalue weighted by molar-refractivity contribution is 7.99. The predicted octanol–water partition coefficient (Wildman–Crippen LogP) is 2.75. The lowest BCUT2D eigenvalue weighted by Gasteiger charge is -2.14. The average molecular weight is 306 g/mol. The molecule has 0 atom stereocenters. The van der Waals surface area contributed by atoms with Gasteiger partial charge in [-0.3, -0.25) is 14.7 Å². The molecule has 2 heterocycles. The second kappa shape index (κ2) is 5.88. The van der Waals surface area contributed by atoms with E-state index in [9.17, 15) is 4.79 Å². The number of carbonyl (C=O) groups is 1. The first-order valence-electron chi connectivity index (χ1n) is 6.30. The molecule has 1 aliphatic rings. The maximum absolute atomic E-state index is 12.4. The zero-order chi connectivity index (χ0) is 13.9. The number of hydrogen-bond acceptors (Lipinski definition) is 5. The maximum Gasteiger partial charge on any atom is 0.259 e. The van der Waals surface area contributed by atoms with Gasteiger partial charge in [0, 0.05) is 17.2 Å². The van der Waals surface area contributed by atoms with E-state index in [2.05, 4.69) is 15.5 Å². The third-order valence-electron chi connectivity index (χ3n) is 3.05. The summed E-state index contributed by atoms with van der Waals surface area (Å²) >= 11 is 3.23. The molecule has 0 aliphatic carbocycles. The van der Waals surface area contributed by atoms with Crippen LogP contribution in [0.25, 0.3) is 0 Å². The van der Waals surface area contributed by atoms with Crippen molar-refractivity contribution in [2.24, 2.45) is 0 Å². The Kier molecular flexibility index (Phi) is 3.98. The lowest BCUT2D eigenvalue weighted by atomic mass is 10.2. The third kappa shape index (κ3) is 2.55. The highest BCUT2D eigenvalue weighted by Gasteiger charge is 2.19. The van der Waals surface area contributed by atoms with Gasteiger partial charge in [0.2, 0.25) is 5.95 Å². The fourth-order valence-corrected chi connectivity index (χ4v) is 3.56. The molecule has 20 heavy (non-hydrogen) atoms. The zero-order valence-corrected chi connectivity index (χ0v) is 12.6. The van der Waals surface area contributed by atoms with Crippen LogP contribution in [0.1, 0.15) is 16.8 Å². The molecule has 1 N–H and O–H groups in total. The molecule has 0 saturated carbocycles. The van der Waals surface area contributed by atoms with Crippen LogP contribution in [-0.4, -0.2) is 32.7 Å². The van der Waals surface area contributed by atoms with Crippen LogP contribution in [0.15, 0.2) is 34.3 Å². The van der Waals surface area contributed by atoms with E-state index < -0.39 is 0 Å². The highest BCUT2D eigenvalue weighted by Crippen LogP contribution is 2.26. The van der Waals surface area contributed by atoms with Crippen molar-refractivity contribution in [2.75, 3.05) is 17.3 Å². The molecule has 0 saturated heterocycles. The van der Waals surface area contributed by atoms with Crippen molar-refractivity contribution in [3.8, 4) is 0 Å². The summed E-state index contributed by atoms with van der Waals surface area (Å²) in [5, 5.41) is 11.9. The van der Waals surface area contributed by atoms with Gasteiger partial charge in [0.25, 0.3) is 5.91 Å². The Bertz CT molecular complexity index is 641. The van der Waals surface area contributed by atoms with Crippen LogP contribution in [-0.2, 0) is 6.54 Å². The summed E-state index contributed by atoms with van der Waals surface area (Å²) in [4.78, 5) is 13.3. The van der Waals surface area contributed by atoms with Gasteiger partial charge in [-0.2, -0.15) is 0 Å². The quantitative estimate of drug-likeness (QED) is 0.884. The number of hydrogen-bond donors (Lipinski definition) is 1. The summed E-state index contributed by atoms with van der Waals surface area (Å²) < 4.78 is 1.97. The van der Waals surface area contributed by atoms with Crippen LogP contribution in [0.5, 0.6) is 0 Å². The molecule has 104 valence electrons. The molecule has 0 bridgehead atoms. The van der Waals surface area contributed by atoms with Gasteiger partial charge >= 0.3 is 0 Å². The summed E-state index contributed by atoms with van der Waals surface area (Å²) in [5.74, 6) is 1.45. The van der Waals surface area contributed by atoms with E-state index in [0.717, 1.165) is 28.8 Å². The second-order valence-corrected chi connectivity index (χ2v) is 6.22. The van der Waals surface area contributed by atoms with Gasteiger partial charge in [0.1, 0.15) is 0 Å². The molecule has 0 radical (unpaired) electrons. The summed E-state index contributed by atoms with van der Waals surface area (Å²) in [5.41, 5.74) is 0.667. The van der Waals surface area contributed by atoms with Crippen molar-refractivity contribution in [1.82, 2.24) is 14.8 Å². The molecule has 1 amide bonds. The monoisotopic (exact) mass is 306 g/mol. The van der Waals surface area contributed by atoms with E-state index in [1.54, 1.807) is 23.5 Å². The van der Waals surface area contributed by atoms with E-state index in [1.807, 2.05) is 35.1 Å². The van der Waals surface area contributed by atoms with Crippen molar-refractivity contribution in [3.63, 3.8) is 0 Å². The number of amides is 1. The Balaban J connectivity index is 1.84. The molecule has 7 heteroatoms. The number of carbonyl (C=O) groups excluding carboxylic acids is 1. The molecule has 0 spiro atoms. The van der Waals surface area contributed by atoms with Crippen molar-refractivity contribution in [3.05, 3.63) is 29.8 Å². The molecular formula is C13H14N4OS2. The Labute approximate surface area is 125 Å². The minimum atomic E-state index is -0.138. The maximum atomic E-state index is 12.4. The molecule has 0 fully saturated rings. The summed E-state index contributed by atoms with van der Waals surface area (Å²) in [6.45, 7) is 0.856. The molecule has 0 unspecified atom stereocenters. The van der Waals surface area contributed by atoms with Crippen LogP contribution in [0.3, 0.4) is 0 Å². The Morgan fingerprint density at radius 2 is 2.25 bits per heavy atom. The number of nitrogens with one attached hydrogen (secondary N) is 1. The van der Waals surface area contributed by atoms with Gasteiger partial charge in [-0.15, -0.1) is 22.0 Å². The molecule has 1 aromatic carbocycles. The standard InChI is InChI=1S/C13H14N4OS2/c1-19-10-6-3-2-5-9(10)11(18)14-12-15-16-13-17(12)7-4-8-20-13/h2-3,5-6H,4,7-8H2,1H3,(H,14,15,18). The SMILES string of the molecule is CSc1ccccc1C(=O)Nc1nnc2n1CCCS2. The number of fused-ring (bicyclic) bond motifs is 1. The third-order valence-corrected chi connectivity index (χ3v) is 4.90. The number of anilines is 1. The van der Waals surface area contributed by atoms with Crippen LogP contribution in [0, 0.1) is 0 Å². The van der Waals surface area contributed by atoms with Gasteiger partial charge in [0.05, 0.1) is 5.56 Å². The van der Waals surface area contributed by atoms with E-state index >= 15 is 0 Å².